The molecule has 0 N–H and O–H groups in total. The van der Waals surface area contributed by atoms with Gasteiger partial charge in [0.2, 0.25) is 0 Å². The summed E-state index contributed by atoms with van der Waals surface area (Å²) in [6.45, 7) is 2.80. The maximum Gasteiger partial charge on any atom is 0.258 e. The van der Waals surface area contributed by atoms with Crippen molar-refractivity contribution in [3.05, 3.63) is 59.9 Å². The number of carbonyl (C=O) groups is 1. The Morgan fingerprint density at radius 3 is 2.80 bits per heavy atom. The first-order valence-electron chi connectivity index (χ1n) is 8.01. The van der Waals surface area contributed by atoms with Crippen molar-refractivity contribution in [3.63, 3.8) is 0 Å². The third-order valence-corrected chi connectivity index (χ3v) is 4.48. The molecular formula is C18H17N5O2. The van der Waals surface area contributed by atoms with Crippen molar-refractivity contribution < 1.29 is 9.53 Å². The van der Waals surface area contributed by atoms with Crippen LogP contribution in [-0.2, 0) is 0 Å². The van der Waals surface area contributed by atoms with Crippen LogP contribution in [0.2, 0.25) is 0 Å². The number of aromatic nitrogens is 4. The molecule has 1 aromatic heterocycles. The van der Waals surface area contributed by atoms with Crippen molar-refractivity contribution in [2.75, 3.05) is 18.6 Å². The fraction of sp³-hybridized carbons (Fsp3) is 0.222. The van der Waals surface area contributed by atoms with Crippen LogP contribution in [-0.4, -0.2) is 39.8 Å². The molecule has 7 nitrogen and oxygen atoms in total. The lowest BCUT2D eigenvalue weighted by Crippen LogP contribution is -2.29. The number of anilines is 1. The van der Waals surface area contributed by atoms with Gasteiger partial charge in [-0.2, -0.15) is 4.68 Å². The van der Waals surface area contributed by atoms with Crippen molar-refractivity contribution in [2.24, 2.45) is 0 Å². The van der Waals surface area contributed by atoms with E-state index in [9.17, 15) is 4.79 Å². The van der Waals surface area contributed by atoms with E-state index >= 15 is 0 Å². The second-order valence-corrected chi connectivity index (χ2v) is 6.02. The second kappa shape index (κ2) is 6.01. The number of tetrazole rings is 1. The minimum absolute atomic E-state index is 0.0474. The van der Waals surface area contributed by atoms with Crippen LogP contribution in [0.4, 0.5) is 5.69 Å². The van der Waals surface area contributed by atoms with E-state index in [4.69, 9.17) is 4.74 Å². The van der Waals surface area contributed by atoms with Gasteiger partial charge in [0.05, 0.1) is 7.11 Å². The van der Waals surface area contributed by atoms with Gasteiger partial charge in [-0.15, -0.1) is 5.10 Å². The summed E-state index contributed by atoms with van der Waals surface area (Å²) in [5.41, 5.74) is 3.36. The van der Waals surface area contributed by atoms with Crippen LogP contribution in [0.1, 0.15) is 28.8 Å². The number of hydrogen-bond donors (Lipinski definition) is 0. The van der Waals surface area contributed by atoms with E-state index in [0.29, 0.717) is 29.5 Å². The summed E-state index contributed by atoms with van der Waals surface area (Å²) in [6, 6.07) is 13.3. The number of benzene rings is 2. The third kappa shape index (κ3) is 2.53. The Morgan fingerprint density at radius 2 is 2.04 bits per heavy atom. The van der Waals surface area contributed by atoms with E-state index in [0.717, 1.165) is 5.69 Å². The quantitative estimate of drug-likeness (QED) is 0.735. The lowest BCUT2D eigenvalue weighted by molar-refractivity contribution is 0.0988. The molecule has 0 bridgehead atoms. The molecule has 1 amide bonds. The van der Waals surface area contributed by atoms with Gasteiger partial charge in [0.15, 0.2) is 0 Å². The Hall–Kier alpha value is -3.22. The van der Waals surface area contributed by atoms with Gasteiger partial charge in [-0.05, 0) is 40.3 Å². The zero-order chi connectivity index (χ0) is 17.4. The molecule has 0 fully saturated rings. The Morgan fingerprint density at radius 1 is 1.20 bits per heavy atom. The summed E-state index contributed by atoms with van der Waals surface area (Å²) in [4.78, 5) is 14.9. The molecule has 0 spiro atoms. The summed E-state index contributed by atoms with van der Waals surface area (Å²) in [5, 5.41) is 11.2. The van der Waals surface area contributed by atoms with Crippen molar-refractivity contribution in [3.8, 4) is 11.4 Å². The molecule has 7 heteroatoms. The SMILES string of the molecule is COc1ccc(C(=O)N2CC(C)c3ccccc32)cc1-n1cnnn1. The molecule has 0 saturated carbocycles. The summed E-state index contributed by atoms with van der Waals surface area (Å²) in [7, 11) is 1.57. The van der Waals surface area contributed by atoms with Crippen LogP contribution < -0.4 is 9.64 Å². The smallest absolute Gasteiger partial charge is 0.258 e. The minimum atomic E-state index is -0.0474. The Kier molecular flexibility index (Phi) is 3.68. The zero-order valence-electron chi connectivity index (χ0n) is 14.0. The molecule has 4 rings (SSSR count). The molecule has 1 atom stereocenters. The predicted octanol–water partition coefficient (Wildman–Crippen LogP) is 2.43. The lowest BCUT2D eigenvalue weighted by atomic mass is 10.0. The number of fused-ring (bicyclic) bond motifs is 1. The molecule has 1 unspecified atom stereocenters. The number of ether oxygens (including phenoxy) is 1. The van der Waals surface area contributed by atoms with Gasteiger partial charge in [0, 0.05) is 23.7 Å². The highest BCUT2D eigenvalue weighted by molar-refractivity contribution is 6.08. The van der Waals surface area contributed by atoms with Crippen LogP contribution in [0.15, 0.2) is 48.8 Å². The number of methoxy groups -OCH3 is 1. The van der Waals surface area contributed by atoms with Crippen LogP contribution >= 0.6 is 0 Å². The molecule has 2 heterocycles. The molecule has 1 aliphatic rings. The maximum absolute atomic E-state index is 13.1. The predicted molar refractivity (Wildman–Crippen MR) is 92.2 cm³/mol. The van der Waals surface area contributed by atoms with Crippen molar-refractivity contribution in [1.82, 2.24) is 20.2 Å². The van der Waals surface area contributed by atoms with Crippen LogP contribution in [0.25, 0.3) is 5.69 Å². The highest BCUT2D eigenvalue weighted by Gasteiger charge is 2.30. The largest absolute Gasteiger partial charge is 0.494 e. The number of rotatable bonds is 3. The Balaban J connectivity index is 1.74. The van der Waals surface area contributed by atoms with Crippen LogP contribution in [0.5, 0.6) is 5.75 Å². The first kappa shape index (κ1) is 15.3. The second-order valence-electron chi connectivity index (χ2n) is 6.02. The van der Waals surface area contributed by atoms with Gasteiger partial charge >= 0.3 is 0 Å². The normalized spacial score (nSPS) is 15.9. The van der Waals surface area contributed by atoms with Crippen molar-refractivity contribution in [1.29, 1.82) is 0 Å². The van der Waals surface area contributed by atoms with Gasteiger partial charge < -0.3 is 9.64 Å². The number of hydrogen-bond acceptors (Lipinski definition) is 5. The maximum atomic E-state index is 13.1. The van der Waals surface area contributed by atoms with E-state index in [2.05, 4.69) is 28.5 Å². The topological polar surface area (TPSA) is 73.1 Å². The van der Waals surface area contributed by atoms with E-state index in [1.54, 1.807) is 25.3 Å². The highest BCUT2D eigenvalue weighted by atomic mass is 16.5. The summed E-state index contributed by atoms with van der Waals surface area (Å²) in [6.07, 6.45) is 1.47. The molecule has 3 aromatic rings. The van der Waals surface area contributed by atoms with Crippen molar-refractivity contribution >= 4 is 11.6 Å². The third-order valence-electron chi connectivity index (χ3n) is 4.48. The number of para-hydroxylation sites is 1. The molecule has 2 aromatic carbocycles. The minimum Gasteiger partial charge on any atom is -0.494 e. The summed E-state index contributed by atoms with van der Waals surface area (Å²) >= 11 is 0. The highest BCUT2D eigenvalue weighted by Crippen LogP contribution is 2.37. The fourth-order valence-corrected chi connectivity index (χ4v) is 3.24. The van der Waals surface area contributed by atoms with Gasteiger partial charge in [-0.3, -0.25) is 4.79 Å². The number of amides is 1. The van der Waals surface area contributed by atoms with E-state index in [-0.39, 0.29) is 5.91 Å². The van der Waals surface area contributed by atoms with Crippen molar-refractivity contribution in [2.45, 2.75) is 12.8 Å². The lowest BCUT2D eigenvalue weighted by Gasteiger charge is -2.18. The van der Waals surface area contributed by atoms with E-state index in [1.807, 2.05) is 23.1 Å². The standard InChI is InChI=1S/C18H17N5O2/c1-12-10-22(15-6-4-3-5-14(12)15)18(24)13-7-8-17(25-2)16(9-13)23-11-19-20-21-23/h3-9,11-12H,10H2,1-2H3. The molecule has 0 radical (unpaired) electrons. The summed E-state index contributed by atoms with van der Waals surface area (Å²) in [5.74, 6) is 0.866. The first-order chi connectivity index (χ1) is 12.2. The number of carbonyl (C=O) groups excluding carboxylic acids is 1. The molecular weight excluding hydrogens is 318 g/mol. The summed E-state index contributed by atoms with van der Waals surface area (Å²) < 4.78 is 6.84. The molecule has 0 aliphatic carbocycles. The molecule has 0 saturated heterocycles. The van der Waals surface area contributed by atoms with Gasteiger partial charge in [0.25, 0.3) is 5.91 Å². The molecule has 1 aliphatic heterocycles. The van der Waals surface area contributed by atoms with E-state index < -0.39 is 0 Å². The zero-order valence-corrected chi connectivity index (χ0v) is 14.0. The fourth-order valence-electron chi connectivity index (χ4n) is 3.24. The first-order valence-corrected chi connectivity index (χ1v) is 8.01. The van der Waals surface area contributed by atoms with Gasteiger partial charge in [0.1, 0.15) is 17.8 Å². The van der Waals surface area contributed by atoms with Gasteiger partial charge in [-0.25, -0.2) is 0 Å². The monoisotopic (exact) mass is 335 g/mol. The van der Waals surface area contributed by atoms with E-state index in [1.165, 1.54) is 16.6 Å². The van der Waals surface area contributed by atoms with Crippen LogP contribution in [0.3, 0.4) is 0 Å². The average molecular weight is 335 g/mol. The molecule has 25 heavy (non-hydrogen) atoms. The average Bonchev–Trinajstić information content (AvgIpc) is 3.29. The van der Waals surface area contributed by atoms with Crippen LogP contribution in [0, 0.1) is 0 Å². The Bertz CT molecular complexity index is 923. The van der Waals surface area contributed by atoms with Gasteiger partial charge in [-0.1, -0.05) is 25.1 Å². The Labute approximate surface area is 144 Å². The number of nitrogens with zero attached hydrogens (tertiary/aromatic N) is 5. The molecule has 126 valence electrons.